The predicted octanol–water partition coefficient (Wildman–Crippen LogP) is 4.54. The standard InChI is InChI=1S/C14H16F2O/c1-9(2)7-8-10(3)11(4)13(15)14(16)12(5)17-6/h7-8H,1,3-5H2,2,6H3/b8-7-,14-13-. The van der Waals surface area contributed by atoms with E-state index < -0.39 is 11.7 Å². The highest BCUT2D eigenvalue weighted by Gasteiger charge is 2.14. The second-order valence-electron chi connectivity index (χ2n) is 3.44. The van der Waals surface area contributed by atoms with Gasteiger partial charge in [0, 0.05) is 5.57 Å². The smallest absolute Gasteiger partial charge is 0.200 e. The van der Waals surface area contributed by atoms with Crippen molar-refractivity contribution in [3.8, 4) is 0 Å². The lowest BCUT2D eigenvalue weighted by Crippen LogP contribution is -1.93. The topological polar surface area (TPSA) is 9.23 Å². The molecule has 3 heteroatoms. The summed E-state index contributed by atoms with van der Waals surface area (Å²) in [6.07, 6.45) is 3.14. The normalized spacial score (nSPS) is 12.0. The van der Waals surface area contributed by atoms with Gasteiger partial charge in [-0.15, -0.1) is 0 Å². The molecule has 0 spiro atoms. The van der Waals surface area contributed by atoms with Crippen LogP contribution in [0.25, 0.3) is 0 Å². The molecule has 0 N–H and O–H groups in total. The maximum Gasteiger partial charge on any atom is 0.200 e. The molecule has 0 saturated carbocycles. The molecule has 0 amide bonds. The molecule has 0 aliphatic rings. The molecule has 0 aromatic carbocycles. The Hall–Kier alpha value is -1.90. The van der Waals surface area contributed by atoms with Crippen LogP contribution in [0.2, 0.25) is 0 Å². The highest BCUT2D eigenvalue weighted by molar-refractivity contribution is 5.49. The highest BCUT2D eigenvalue weighted by atomic mass is 19.2. The van der Waals surface area contributed by atoms with Crippen molar-refractivity contribution in [3.05, 3.63) is 72.6 Å². The zero-order valence-electron chi connectivity index (χ0n) is 10.1. The number of rotatable bonds is 6. The van der Waals surface area contributed by atoms with Crippen molar-refractivity contribution < 1.29 is 13.5 Å². The van der Waals surface area contributed by atoms with Crippen LogP contribution in [0.1, 0.15) is 6.92 Å². The number of ether oxygens (including phenoxy) is 1. The summed E-state index contributed by atoms with van der Waals surface area (Å²) in [5.41, 5.74) is 0.868. The van der Waals surface area contributed by atoms with Crippen molar-refractivity contribution >= 4 is 0 Å². The Morgan fingerprint density at radius 1 is 1.00 bits per heavy atom. The van der Waals surface area contributed by atoms with E-state index in [9.17, 15) is 8.78 Å². The minimum absolute atomic E-state index is 0.154. The van der Waals surface area contributed by atoms with Gasteiger partial charge in [0.2, 0.25) is 5.83 Å². The van der Waals surface area contributed by atoms with Crippen LogP contribution >= 0.6 is 0 Å². The zero-order chi connectivity index (χ0) is 13.6. The van der Waals surface area contributed by atoms with Crippen molar-refractivity contribution in [3.63, 3.8) is 0 Å². The molecule has 17 heavy (non-hydrogen) atoms. The van der Waals surface area contributed by atoms with E-state index in [0.29, 0.717) is 0 Å². The van der Waals surface area contributed by atoms with Crippen LogP contribution < -0.4 is 0 Å². The molecule has 0 aliphatic heterocycles. The summed E-state index contributed by atoms with van der Waals surface area (Å²) >= 11 is 0. The van der Waals surface area contributed by atoms with Gasteiger partial charge in [-0.2, -0.15) is 4.39 Å². The van der Waals surface area contributed by atoms with Crippen LogP contribution in [-0.4, -0.2) is 7.11 Å². The SMILES string of the molecule is C=C(C)/C=C\C(=C)C(=C)/C(F)=C(/F)C(=C)OC. The van der Waals surface area contributed by atoms with Gasteiger partial charge in [0.05, 0.1) is 7.11 Å². The maximum atomic E-state index is 13.5. The summed E-state index contributed by atoms with van der Waals surface area (Å²) in [6, 6.07) is 0. The molecule has 0 radical (unpaired) electrons. The first-order chi connectivity index (χ1) is 7.81. The zero-order valence-corrected chi connectivity index (χ0v) is 10.1. The summed E-state index contributed by atoms with van der Waals surface area (Å²) in [4.78, 5) is 0. The molecule has 0 saturated heterocycles. The Morgan fingerprint density at radius 2 is 1.53 bits per heavy atom. The van der Waals surface area contributed by atoms with Crippen molar-refractivity contribution in [2.75, 3.05) is 7.11 Å². The van der Waals surface area contributed by atoms with Gasteiger partial charge in [0.15, 0.2) is 5.83 Å². The monoisotopic (exact) mass is 238 g/mol. The lowest BCUT2D eigenvalue weighted by atomic mass is 10.1. The molecule has 0 aromatic heterocycles. The first-order valence-corrected chi connectivity index (χ1v) is 4.82. The van der Waals surface area contributed by atoms with Crippen molar-refractivity contribution in [2.45, 2.75) is 6.92 Å². The fourth-order valence-electron chi connectivity index (χ4n) is 0.829. The number of methoxy groups -OCH3 is 1. The first kappa shape index (κ1) is 15.1. The number of halogens is 2. The number of hydrogen-bond acceptors (Lipinski definition) is 1. The molecule has 0 unspecified atom stereocenters. The second kappa shape index (κ2) is 6.63. The largest absolute Gasteiger partial charge is 0.494 e. The fourth-order valence-corrected chi connectivity index (χ4v) is 0.829. The van der Waals surface area contributed by atoms with Gasteiger partial charge < -0.3 is 4.74 Å². The van der Waals surface area contributed by atoms with Crippen LogP contribution in [0.5, 0.6) is 0 Å². The van der Waals surface area contributed by atoms with Gasteiger partial charge in [-0.05, 0) is 12.5 Å². The minimum atomic E-state index is -1.18. The lowest BCUT2D eigenvalue weighted by molar-refractivity contribution is 0.281. The van der Waals surface area contributed by atoms with Gasteiger partial charge in [0.25, 0.3) is 0 Å². The molecule has 0 bridgehead atoms. The Kier molecular flexibility index (Phi) is 5.89. The Bertz CT molecular complexity index is 426. The molecule has 0 fully saturated rings. The summed E-state index contributed by atoms with van der Waals surface area (Å²) in [6.45, 7) is 15.6. The molecule has 1 nitrogen and oxygen atoms in total. The molecule has 92 valence electrons. The molecule has 0 aliphatic carbocycles. The summed E-state index contributed by atoms with van der Waals surface area (Å²) in [7, 11) is 1.20. The number of hydrogen-bond donors (Lipinski definition) is 0. The van der Waals surface area contributed by atoms with Crippen molar-refractivity contribution in [1.29, 1.82) is 0 Å². The van der Waals surface area contributed by atoms with E-state index in [0.717, 1.165) is 5.57 Å². The van der Waals surface area contributed by atoms with Crippen LogP contribution in [0.3, 0.4) is 0 Å². The Labute approximate surface area is 101 Å². The predicted molar refractivity (Wildman–Crippen MR) is 67.6 cm³/mol. The van der Waals surface area contributed by atoms with E-state index in [1.165, 1.54) is 13.2 Å². The van der Waals surface area contributed by atoms with E-state index in [4.69, 9.17) is 0 Å². The van der Waals surface area contributed by atoms with Crippen LogP contribution in [0.4, 0.5) is 8.78 Å². The van der Waals surface area contributed by atoms with Gasteiger partial charge in [-0.1, -0.05) is 44.0 Å². The molecular formula is C14H16F2O. The van der Waals surface area contributed by atoms with Crippen molar-refractivity contribution in [1.82, 2.24) is 0 Å². The van der Waals surface area contributed by atoms with Crippen LogP contribution in [0, 0.1) is 0 Å². The van der Waals surface area contributed by atoms with E-state index >= 15 is 0 Å². The molecule has 0 rings (SSSR count). The minimum Gasteiger partial charge on any atom is -0.494 e. The molecular weight excluding hydrogens is 222 g/mol. The summed E-state index contributed by atoms with van der Waals surface area (Å²) in [5, 5.41) is 0. The summed E-state index contributed by atoms with van der Waals surface area (Å²) < 4.78 is 31.4. The molecule has 0 heterocycles. The van der Waals surface area contributed by atoms with E-state index in [1.54, 1.807) is 13.0 Å². The van der Waals surface area contributed by atoms with Gasteiger partial charge in [0.1, 0.15) is 5.76 Å². The van der Waals surface area contributed by atoms with E-state index in [-0.39, 0.29) is 16.9 Å². The average molecular weight is 238 g/mol. The lowest BCUT2D eigenvalue weighted by Gasteiger charge is -2.06. The third-order valence-electron chi connectivity index (χ3n) is 1.91. The average Bonchev–Trinajstić information content (AvgIpc) is 2.31. The summed E-state index contributed by atoms with van der Waals surface area (Å²) in [5.74, 6) is -2.70. The van der Waals surface area contributed by atoms with Crippen LogP contribution in [0.15, 0.2) is 72.6 Å². The highest BCUT2D eigenvalue weighted by Crippen LogP contribution is 2.26. The maximum absolute atomic E-state index is 13.5. The first-order valence-electron chi connectivity index (χ1n) is 4.82. The quantitative estimate of drug-likeness (QED) is 0.487. The van der Waals surface area contributed by atoms with Crippen LogP contribution in [-0.2, 0) is 4.74 Å². The molecule has 0 atom stereocenters. The van der Waals surface area contributed by atoms with Gasteiger partial charge in [-0.3, -0.25) is 0 Å². The fraction of sp³-hybridized carbons (Fsp3) is 0.143. The third-order valence-corrected chi connectivity index (χ3v) is 1.91. The second-order valence-corrected chi connectivity index (χ2v) is 3.44. The van der Waals surface area contributed by atoms with Gasteiger partial charge in [-0.25, -0.2) is 4.39 Å². The van der Waals surface area contributed by atoms with E-state index in [1.807, 2.05) is 0 Å². The molecule has 0 aromatic rings. The third kappa shape index (κ3) is 4.64. The van der Waals surface area contributed by atoms with Crippen molar-refractivity contribution in [2.24, 2.45) is 0 Å². The van der Waals surface area contributed by atoms with Gasteiger partial charge >= 0.3 is 0 Å². The van der Waals surface area contributed by atoms with E-state index in [2.05, 4.69) is 31.1 Å². The Balaban J connectivity index is 5.01. The Morgan fingerprint density at radius 3 is 1.94 bits per heavy atom. The number of allylic oxidation sites excluding steroid dienone is 7.